The number of hydrogen-bond acceptors (Lipinski definition) is 2. The van der Waals surface area contributed by atoms with Gasteiger partial charge in [0.15, 0.2) is 0 Å². The number of hydrogen-bond donors (Lipinski definition) is 0. The Bertz CT molecular complexity index is 665. The average molecular weight is 337 g/mol. The fraction of sp³-hybridized carbons (Fsp3) is 0.400. The highest BCUT2D eigenvalue weighted by atomic mass is 79.9. The van der Waals surface area contributed by atoms with Gasteiger partial charge >= 0.3 is 0 Å². The van der Waals surface area contributed by atoms with Crippen molar-refractivity contribution in [2.24, 2.45) is 7.05 Å². The lowest BCUT2D eigenvalue weighted by atomic mass is 10.1. The van der Waals surface area contributed by atoms with E-state index in [0.717, 1.165) is 20.9 Å². The van der Waals surface area contributed by atoms with E-state index in [1.165, 1.54) is 0 Å². The van der Waals surface area contributed by atoms with Gasteiger partial charge < -0.3 is 14.2 Å². The zero-order valence-corrected chi connectivity index (χ0v) is 13.2. The Balaban J connectivity index is 1.99. The van der Waals surface area contributed by atoms with Gasteiger partial charge in [-0.2, -0.15) is 0 Å². The van der Waals surface area contributed by atoms with Gasteiger partial charge in [0.05, 0.1) is 18.3 Å². The summed E-state index contributed by atoms with van der Waals surface area (Å²) >= 11 is 3.47. The molecule has 0 aliphatic carbocycles. The molecule has 0 bridgehead atoms. The third-order valence-electron chi connectivity index (χ3n) is 3.71. The van der Waals surface area contributed by atoms with E-state index in [4.69, 9.17) is 4.74 Å². The van der Waals surface area contributed by atoms with E-state index in [1.807, 2.05) is 47.8 Å². The molecule has 3 rings (SSSR count). The number of morpholine rings is 1. The summed E-state index contributed by atoms with van der Waals surface area (Å²) in [5.41, 5.74) is 1.83. The van der Waals surface area contributed by atoms with Crippen LogP contribution in [-0.2, 0) is 11.8 Å². The zero-order chi connectivity index (χ0) is 14.3. The number of carbonyl (C=O) groups is 1. The molecule has 1 aromatic heterocycles. The normalized spacial score (nSPS) is 19.6. The van der Waals surface area contributed by atoms with Crippen molar-refractivity contribution in [3.63, 3.8) is 0 Å². The van der Waals surface area contributed by atoms with Crippen LogP contribution in [-0.4, -0.2) is 41.2 Å². The molecule has 106 valence electrons. The molecule has 1 unspecified atom stereocenters. The standard InChI is InChI=1S/C15H17BrN2O2/c1-10-8-18(5-6-20-10)15(19)13-9-17(2)14-7-11(16)3-4-12(13)14/h3-4,7,9-10H,5-6,8H2,1-2H3. The quantitative estimate of drug-likeness (QED) is 0.802. The van der Waals surface area contributed by atoms with Gasteiger partial charge in [-0.15, -0.1) is 0 Å². The molecule has 4 nitrogen and oxygen atoms in total. The SMILES string of the molecule is CC1CN(C(=O)c2cn(C)c3cc(Br)ccc23)CCO1. The van der Waals surface area contributed by atoms with E-state index >= 15 is 0 Å². The van der Waals surface area contributed by atoms with E-state index in [2.05, 4.69) is 15.9 Å². The van der Waals surface area contributed by atoms with Gasteiger partial charge in [-0.3, -0.25) is 4.79 Å². The van der Waals surface area contributed by atoms with Crippen LogP contribution in [0, 0.1) is 0 Å². The molecule has 1 aliphatic rings. The van der Waals surface area contributed by atoms with Crippen LogP contribution in [0.2, 0.25) is 0 Å². The molecule has 20 heavy (non-hydrogen) atoms. The van der Waals surface area contributed by atoms with Crippen LogP contribution < -0.4 is 0 Å². The average Bonchev–Trinajstić information content (AvgIpc) is 2.75. The Morgan fingerprint density at radius 2 is 2.25 bits per heavy atom. The summed E-state index contributed by atoms with van der Waals surface area (Å²) in [6, 6.07) is 6.01. The van der Waals surface area contributed by atoms with Crippen LogP contribution >= 0.6 is 15.9 Å². The monoisotopic (exact) mass is 336 g/mol. The number of ether oxygens (including phenoxy) is 1. The van der Waals surface area contributed by atoms with Crippen LogP contribution in [0.3, 0.4) is 0 Å². The van der Waals surface area contributed by atoms with Crippen LogP contribution in [0.4, 0.5) is 0 Å². The fourth-order valence-electron chi connectivity index (χ4n) is 2.70. The van der Waals surface area contributed by atoms with Gasteiger partial charge in [0, 0.05) is 41.7 Å². The van der Waals surface area contributed by atoms with E-state index in [0.29, 0.717) is 19.7 Å². The van der Waals surface area contributed by atoms with E-state index in [1.54, 1.807) is 0 Å². The van der Waals surface area contributed by atoms with Crippen LogP contribution in [0.1, 0.15) is 17.3 Å². The van der Waals surface area contributed by atoms with Gasteiger partial charge in [0.2, 0.25) is 0 Å². The first kappa shape index (κ1) is 13.6. The second-order valence-corrected chi connectivity index (χ2v) is 6.16. The summed E-state index contributed by atoms with van der Waals surface area (Å²) in [4.78, 5) is 14.6. The van der Waals surface area contributed by atoms with Crippen LogP contribution in [0.5, 0.6) is 0 Å². The molecular weight excluding hydrogens is 320 g/mol. The number of aromatic nitrogens is 1. The number of benzene rings is 1. The van der Waals surface area contributed by atoms with E-state index in [-0.39, 0.29) is 12.0 Å². The molecule has 0 saturated carbocycles. The molecule has 2 aromatic rings. The lowest BCUT2D eigenvalue weighted by Crippen LogP contribution is -2.44. The Hall–Kier alpha value is -1.33. The topological polar surface area (TPSA) is 34.5 Å². The van der Waals surface area contributed by atoms with Crippen molar-refractivity contribution in [1.82, 2.24) is 9.47 Å². The second kappa shape index (κ2) is 5.22. The maximum atomic E-state index is 12.7. The van der Waals surface area contributed by atoms with Crippen LogP contribution in [0.15, 0.2) is 28.9 Å². The fourth-order valence-corrected chi connectivity index (χ4v) is 3.05. The van der Waals surface area contributed by atoms with Gasteiger partial charge in [-0.25, -0.2) is 0 Å². The van der Waals surface area contributed by atoms with Crippen LogP contribution in [0.25, 0.3) is 10.9 Å². The molecule has 0 radical (unpaired) electrons. The maximum Gasteiger partial charge on any atom is 0.256 e. The van der Waals surface area contributed by atoms with Crippen molar-refractivity contribution in [3.8, 4) is 0 Å². The smallest absolute Gasteiger partial charge is 0.256 e. The third-order valence-corrected chi connectivity index (χ3v) is 4.20. The predicted octanol–water partition coefficient (Wildman–Crippen LogP) is 2.80. The molecule has 1 aromatic carbocycles. The molecule has 1 amide bonds. The molecule has 5 heteroatoms. The Morgan fingerprint density at radius 1 is 1.45 bits per heavy atom. The summed E-state index contributed by atoms with van der Waals surface area (Å²) in [7, 11) is 1.97. The van der Waals surface area contributed by atoms with Gasteiger partial charge in [-0.05, 0) is 19.1 Å². The first-order chi connectivity index (χ1) is 9.56. The number of rotatable bonds is 1. The molecule has 2 heterocycles. The largest absolute Gasteiger partial charge is 0.375 e. The van der Waals surface area contributed by atoms with Gasteiger partial charge in [0.25, 0.3) is 5.91 Å². The van der Waals surface area contributed by atoms with Crippen molar-refractivity contribution < 1.29 is 9.53 Å². The van der Waals surface area contributed by atoms with Gasteiger partial charge in [0.1, 0.15) is 0 Å². The number of fused-ring (bicyclic) bond motifs is 1. The summed E-state index contributed by atoms with van der Waals surface area (Å²) in [6.45, 7) is 3.94. The first-order valence-electron chi connectivity index (χ1n) is 6.71. The summed E-state index contributed by atoms with van der Waals surface area (Å²) in [6.07, 6.45) is 2.02. The molecule has 0 N–H and O–H groups in total. The minimum absolute atomic E-state index is 0.0908. The number of amides is 1. The molecule has 0 spiro atoms. The second-order valence-electron chi connectivity index (χ2n) is 5.25. The van der Waals surface area contributed by atoms with Crippen molar-refractivity contribution in [3.05, 3.63) is 34.4 Å². The maximum absolute atomic E-state index is 12.7. The Morgan fingerprint density at radius 3 is 3.00 bits per heavy atom. The lowest BCUT2D eigenvalue weighted by Gasteiger charge is -2.31. The highest BCUT2D eigenvalue weighted by Gasteiger charge is 2.24. The number of aryl methyl sites for hydroxylation is 1. The minimum atomic E-state index is 0.0908. The summed E-state index contributed by atoms with van der Waals surface area (Å²) < 4.78 is 8.51. The lowest BCUT2D eigenvalue weighted by molar-refractivity contribution is -0.0123. The molecule has 1 fully saturated rings. The first-order valence-corrected chi connectivity index (χ1v) is 7.51. The highest BCUT2D eigenvalue weighted by molar-refractivity contribution is 9.10. The Kier molecular flexibility index (Phi) is 3.56. The predicted molar refractivity (Wildman–Crippen MR) is 81.9 cm³/mol. The molecular formula is C15H17BrN2O2. The summed E-state index contributed by atoms with van der Waals surface area (Å²) in [5.74, 6) is 0.0908. The molecule has 1 atom stereocenters. The minimum Gasteiger partial charge on any atom is -0.375 e. The highest BCUT2D eigenvalue weighted by Crippen LogP contribution is 2.25. The van der Waals surface area contributed by atoms with Crippen molar-refractivity contribution in [2.75, 3.05) is 19.7 Å². The number of halogens is 1. The van der Waals surface area contributed by atoms with E-state index < -0.39 is 0 Å². The van der Waals surface area contributed by atoms with Crippen molar-refractivity contribution in [1.29, 1.82) is 0 Å². The Labute approximate surface area is 126 Å². The van der Waals surface area contributed by atoms with E-state index in [9.17, 15) is 4.79 Å². The zero-order valence-electron chi connectivity index (χ0n) is 11.6. The summed E-state index contributed by atoms with van der Waals surface area (Å²) in [5, 5.41) is 1.000. The van der Waals surface area contributed by atoms with Crippen molar-refractivity contribution in [2.45, 2.75) is 13.0 Å². The van der Waals surface area contributed by atoms with Gasteiger partial charge in [-0.1, -0.05) is 22.0 Å². The molecule has 1 aliphatic heterocycles. The van der Waals surface area contributed by atoms with Crippen molar-refractivity contribution >= 4 is 32.7 Å². The third kappa shape index (κ3) is 2.36. The number of nitrogens with zero attached hydrogens (tertiary/aromatic N) is 2. The molecule has 1 saturated heterocycles. The number of carbonyl (C=O) groups excluding carboxylic acids is 1.